The zero-order chi connectivity index (χ0) is 27.5. The monoisotopic (exact) mass is 538 g/mol. The number of ether oxygens (including phenoxy) is 1. The summed E-state index contributed by atoms with van der Waals surface area (Å²) in [5, 5.41) is 12.2. The van der Waals surface area contributed by atoms with Crippen molar-refractivity contribution >= 4 is 23.0 Å². The topological polar surface area (TPSA) is 108 Å². The number of amides is 1. The Morgan fingerprint density at radius 3 is 2.42 bits per heavy atom. The molecule has 8 nitrogen and oxygen atoms in total. The Balaban J connectivity index is 1.13. The van der Waals surface area contributed by atoms with E-state index >= 15 is 0 Å². The first-order valence-corrected chi connectivity index (χ1v) is 14.4. The predicted molar refractivity (Wildman–Crippen MR) is 158 cm³/mol. The van der Waals surface area contributed by atoms with E-state index in [1.807, 2.05) is 30.3 Å². The molecule has 1 amide bonds. The van der Waals surface area contributed by atoms with Crippen molar-refractivity contribution in [1.82, 2.24) is 15.2 Å². The summed E-state index contributed by atoms with van der Waals surface area (Å²) in [6.45, 7) is 5.70. The van der Waals surface area contributed by atoms with E-state index in [1.54, 1.807) is 24.4 Å². The van der Waals surface area contributed by atoms with Crippen LogP contribution in [-0.2, 0) is 4.74 Å². The minimum absolute atomic E-state index is 0.131. The number of pyridine rings is 1. The first-order chi connectivity index (χ1) is 19.6. The molecule has 2 aliphatic heterocycles. The van der Waals surface area contributed by atoms with E-state index in [9.17, 15) is 4.79 Å². The van der Waals surface area contributed by atoms with E-state index < -0.39 is 0 Å². The first kappa shape index (κ1) is 26.5. The van der Waals surface area contributed by atoms with E-state index in [4.69, 9.17) is 15.9 Å². The molecule has 0 unspecified atom stereocenters. The van der Waals surface area contributed by atoms with Crippen LogP contribution in [0.1, 0.15) is 58.9 Å². The standard InChI is InChI=1S/C32H38N6O2/c33-28-13-10-24(32(39)36-31(23-5-1-2-6-23)29-7-3-4-14-35-29)19-27(28)30(34)22-8-11-25(12-9-22)38-20-26(21-38)37-15-17-40-18-16-37/h3-4,7-14,19,23,26,31,34H,1-2,5-6,15-18,20-21,33H2,(H,36,39)/t31-/m0/s1. The summed E-state index contributed by atoms with van der Waals surface area (Å²) in [7, 11) is 0. The van der Waals surface area contributed by atoms with Gasteiger partial charge < -0.3 is 20.7 Å². The molecule has 40 heavy (non-hydrogen) atoms. The van der Waals surface area contributed by atoms with Gasteiger partial charge in [0.05, 0.1) is 30.7 Å². The summed E-state index contributed by atoms with van der Waals surface area (Å²) in [5.74, 6) is 0.207. The number of hydrogen-bond acceptors (Lipinski definition) is 7. The average Bonchev–Trinajstić information content (AvgIpc) is 3.51. The van der Waals surface area contributed by atoms with Crippen LogP contribution in [0.5, 0.6) is 0 Å². The largest absolute Gasteiger partial charge is 0.398 e. The van der Waals surface area contributed by atoms with Crippen molar-refractivity contribution in [1.29, 1.82) is 5.41 Å². The quantitative estimate of drug-likeness (QED) is 0.292. The number of nitrogens with one attached hydrogen (secondary N) is 2. The highest BCUT2D eigenvalue weighted by Crippen LogP contribution is 2.35. The van der Waals surface area contributed by atoms with Crippen LogP contribution in [-0.4, -0.2) is 66.9 Å². The number of morpholine rings is 1. The second kappa shape index (κ2) is 11.8. The Hall–Kier alpha value is -3.75. The summed E-state index contributed by atoms with van der Waals surface area (Å²) in [6.07, 6.45) is 6.30. The van der Waals surface area contributed by atoms with Crippen LogP contribution in [0.4, 0.5) is 11.4 Å². The molecule has 2 aromatic carbocycles. The minimum atomic E-state index is -0.167. The van der Waals surface area contributed by atoms with Crippen molar-refractivity contribution in [3.63, 3.8) is 0 Å². The normalized spacial score (nSPS) is 19.2. The predicted octanol–water partition coefficient (Wildman–Crippen LogP) is 4.26. The molecule has 3 aliphatic rings. The van der Waals surface area contributed by atoms with Crippen molar-refractivity contribution in [2.45, 2.75) is 37.8 Å². The summed E-state index contributed by atoms with van der Waals surface area (Å²) < 4.78 is 5.48. The molecule has 1 saturated carbocycles. The van der Waals surface area contributed by atoms with Crippen LogP contribution in [0.3, 0.4) is 0 Å². The fourth-order valence-corrected chi connectivity index (χ4v) is 6.26. The van der Waals surface area contributed by atoms with Gasteiger partial charge in [-0.15, -0.1) is 0 Å². The number of nitrogens with zero attached hydrogens (tertiary/aromatic N) is 3. The molecule has 0 bridgehead atoms. The Kier molecular flexibility index (Phi) is 7.80. The number of aromatic nitrogens is 1. The van der Waals surface area contributed by atoms with E-state index in [2.05, 4.69) is 32.2 Å². The SMILES string of the molecule is N=C(c1ccc(N2CC(N3CCOCC3)C2)cc1)c1cc(C(=O)N[C@H](c2ccccn2)C2CCCC2)ccc1N. The first-order valence-electron chi connectivity index (χ1n) is 14.4. The van der Waals surface area contributed by atoms with E-state index in [1.165, 1.54) is 12.8 Å². The lowest BCUT2D eigenvalue weighted by Crippen LogP contribution is -2.61. The van der Waals surface area contributed by atoms with Gasteiger partial charge in [0.1, 0.15) is 0 Å². The highest BCUT2D eigenvalue weighted by molar-refractivity contribution is 6.15. The van der Waals surface area contributed by atoms with Gasteiger partial charge in [-0.3, -0.25) is 20.1 Å². The van der Waals surface area contributed by atoms with Gasteiger partial charge in [-0.05, 0) is 61.2 Å². The maximum absolute atomic E-state index is 13.4. The Bertz CT molecular complexity index is 1330. The molecule has 1 aromatic heterocycles. The molecule has 0 spiro atoms. The Morgan fingerprint density at radius 1 is 1.00 bits per heavy atom. The highest BCUT2D eigenvalue weighted by Gasteiger charge is 2.33. The number of hydrogen-bond donors (Lipinski definition) is 3. The highest BCUT2D eigenvalue weighted by atomic mass is 16.5. The van der Waals surface area contributed by atoms with E-state index in [0.717, 1.165) is 69.2 Å². The lowest BCUT2D eigenvalue weighted by atomic mass is 9.94. The van der Waals surface area contributed by atoms with E-state index in [0.29, 0.717) is 34.5 Å². The molecule has 3 heterocycles. The molecule has 1 atom stereocenters. The van der Waals surface area contributed by atoms with Gasteiger partial charge in [0, 0.05) is 66.5 Å². The van der Waals surface area contributed by atoms with Crippen LogP contribution in [0.2, 0.25) is 0 Å². The lowest BCUT2D eigenvalue weighted by Gasteiger charge is -2.47. The number of carbonyl (C=O) groups excluding carboxylic acids is 1. The summed E-state index contributed by atoms with van der Waals surface area (Å²) >= 11 is 0. The van der Waals surface area contributed by atoms with E-state index in [-0.39, 0.29) is 11.9 Å². The van der Waals surface area contributed by atoms with Crippen LogP contribution >= 0.6 is 0 Å². The van der Waals surface area contributed by atoms with Crippen LogP contribution in [0.15, 0.2) is 66.9 Å². The van der Waals surface area contributed by atoms with Crippen LogP contribution in [0, 0.1) is 11.3 Å². The molecular weight excluding hydrogens is 500 g/mol. The van der Waals surface area contributed by atoms with Crippen LogP contribution < -0.4 is 16.0 Å². The molecule has 3 fully saturated rings. The van der Waals surface area contributed by atoms with Crippen molar-refractivity contribution < 1.29 is 9.53 Å². The van der Waals surface area contributed by atoms with Crippen molar-refractivity contribution in [3.05, 3.63) is 89.2 Å². The Labute approximate surface area is 236 Å². The van der Waals surface area contributed by atoms with Gasteiger partial charge in [0.2, 0.25) is 0 Å². The van der Waals surface area contributed by atoms with Gasteiger partial charge in [-0.2, -0.15) is 0 Å². The third-order valence-electron chi connectivity index (χ3n) is 8.69. The smallest absolute Gasteiger partial charge is 0.251 e. The molecule has 0 radical (unpaired) electrons. The molecular formula is C32H38N6O2. The van der Waals surface area contributed by atoms with Gasteiger partial charge in [-0.1, -0.05) is 31.0 Å². The molecule has 6 rings (SSSR count). The Morgan fingerprint density at radius 2 is 1.73 bits per heavy atom. The number of nitrogens with two attached hydrogens (primary N) is 1. The molecule has 8 heteroatoms. The molecule has 2 saturated heterocycles. The van der Waals surface area contributed by atoms with Crippen molar-refractivity contribution in [2.24, 2.45) is 5.92 Å². The lowest BCUT2D eigenvalue weighted by molar-refractivity contribution is 0.0105. The molecule has 208 valence electrons. The summed E-state index contributed by atoms with van der Waals surface area (Å²) in [5.41, 5.74) is 11.0. The second-order valence-corrected chi connectivity index (χ2v) is 11.2. The molecule has 4 N–H and O–H groups in total. The number of benzene rings is 2. The summed E-state index contributed by atoms with van der Waals surface area (Å²) in [4.78, 5) is 22.9. The third kappa shape index (κ3) is 5.60. The third-order valence-corrected chi connectivity index (χ3v) is 8.69. The van der Waals surface area contributed by atoms with Crippen molar-refractivity contribution in [3.8, 4) is 0 Å². The zero-order valence-electron chi connectivity index (χ0n) is 22.9. The van der Waals surface area contributed by atoms with Gasteiger partial charge in [0.15, 0.2) is 0 Å². The maximum atomic E-state index is 13.4. The number of carbonyl (C=O) groups is 1. The minimum Gasteiger partial charge on any atom is -0.398 e. The van der Waals surface area contributed by atoms with Crippen LogP contribution in [0.25, 0.3) is 0 Å². The number of anilines is 2. The van der Waals surface area contributed by atoms with Crippen molar-refractivity contribution in [2.75, 3.05) is 50.0 Å². The fraction of sp³-hybridized carbons (Fsp3) is 0.406. The van der Waals surface area contributed by atoms with Gasteiger partial charge in [0.25, 0.3) is 5.91 Å². The number of nitrogen functional groups attached to an aromatic ring is 1. The zero-order valence-corrected chi connectivity index (χ0v) is 22.9. The second-order valence-electron chi connectivity index (χ2n) is 11.2. The molecule has 1 aliphatic carbocycles. The fourth-order valence-electron chi connectivity index (χ4n) is 6.26. The average molecular weight is 539 g/mol. The maximum Gasteiger partial charge on any atom is 0.251 e. The number of rotatable bonds is 8. The summed E-state index contributed by atoms with van der Waals surface area (Å²) in [6, 6.07) is 19.6. The van der Waals surface area contributed by atoms with Gasteiger partial charge in [-0.25, -0.2) is 0 Å². The molecule has 3 aromatic rings. The van der Waals surface area contributed by atoms with Gasteiger partial charge >= 0.3 is 0 Å².